The molecule has 0 amide bonds. The molecule has 4 heteroatoms. The van der Waals surface area contributed by atoms with Gasteiger partial charge in [0.2, 0.25) is 0 Å². The van der Waals surface area contributed by atoms with Crippen LogP contribution in [0.4, 0.5) is 0 Å². The molecule has 0 heterocycles. The largest absolute Gasteiger partial charge is 0.512 e. The van der Waals surface area contributed by atoms with E-state index in [1.165, 1.54) is 6.08 Å². The van der Waals surface area contributed by atoms with Crippen LogP contribution in [0, 0.1) is 11.8 Å². The first-order valence-electron chi connectivity index (χ1n) is 8.99. The lowest BCUT2D eigenvalue weighted by atomic mass is 9.89. The summed E-state index contributed by atoms with van der Waals surface area (Å²) in [5.74, 6) is -0.638. The van der Waals surface area contributed by atoms with Crippen LogP contribution in [0.2, 0.25) is 0 Å². The van der Waals surface area contributed by atoms with Gasteiger partial charge < -0.3 is 15.0 Å². The molecule has 3 atom stereocenters. The summed E-state index contributed by atoms with van der Waals surface area (Å²) in [4.78, 5) is 22.3. The quantitative estimate of drug-likeness (QED) is 0.321. The predicted octanol–water partition coefficient (Wildman–Crippen LogP) is 4.06. The maximum atomic E-state index is 12.0. The van der Waals surface area contributed by atoms with Gasteiger partial charge in [0, 0.05) is 18.4 Å². The SMILES string of the molecule is CCCCC[C@H](O)/C=C/[C@H]1C(=O)C=C(O)[C@@H]1C/C=C\CCCC=O. The maximum absolute atomic E-state index is 12.0. The summed E-state index contributed by atoms with van der Waals surface area (Å²) >= 11 is 0. The number of rotatable bonds is 12. The van der Waals surface area contributed by atoms with Crippen molar-refractivity contribution in [1.29, 1.82) is 0 Å². The fraction of sp³-hybridized carbons (Fsp3) is 0.600. The first-order chi connectivity index (χ1) is 11.6. The molecule has 0 saturated carbocycles. The van der Waals surface area contributed by atoms with E-state index in [9.17, 15) is 19.8 Å². The van der Waals surface area contributed by atoms with E-state index in [0.29, 0.717) is 19.3 Å². The van der Waals surface area contributed by atoms with Crippen LogP contribution in [-0.2, 0) is 9.59 Å². The fourth-order valence-corrected chi connectivity index (χ4v) is 2.85. The van der Waals surface area contributed by atoms with Crippen molar-refractivity contribution in [3.05, 3.63) is 36.1 Å². The van der Waals surface area contributed by atoms with Crippen molar-refractivity contribution in [3.8, 4) is 0 Å². The number of allylic oxidation sites excluding steroid dienone is 5. The van der Waals surface area contributed by atoms with E-state index in [1.807, 2.05) is 12.2 Å². The molecule has 1 aliphatic rings. The van der Waals surface area contributed by atoms with Crippen LogP contribution < -0.4 is 0 Å². The van der Waals surface area contributed by atoms with E-state index in [0.717, 1.165) is 38.4 Å². The van der Waals surface area contributed by atoms with Gasteiger partial charge >= 0.3 is 0 Å². The molecule has 0 aromatic carbocycles. The van der Waals surface area contributed by atoms with Gasteiger partial charge in [-0.15, -0.1) is 0 Å². The normalized spacial score (nSPS) is 22.4. The van der Waals surface area contributed by atoms with Gasteiger partial charge in [-0.2, -0.15) is 0 Å². The molecule has 24 heavy (non-hydrogen) atoms. The monoisotopic (exact) mass is 334 g/mol. The number of aliphatic hydroxyl groups is 2. The molecule has 0 aliphatic heterocycles. The Hall–Kier alpha value is -1.68. The number of ketones is 1. The summed E-state index contributed by atoms with van der Waals surface area (Å²) in [6.45, 7) is 2.12. The van der Waals surface area contributed by atoms with Crippen LogP contribution in [0.25, 0.3) is 0 Å². The maximum Gasteiger partial charge on any atom is 0.166 e. The first kappa shape index (κ1) is 20.4. The number of carbonyl (C=O) groups excluding carboxylic acids is 2. The van der Waals surface area contributed by atoms with Crippen LogP contribution in [0.5, 0.6) is 0 Å². The van der Waals surface area contributed by atoms with Gasteiger partial charge in [0.05, 0.1) is 12.0 Å². The third-order valence-corrected chi connectivity index (χ3v) is 4.33. The molecule has 2 N–H and O–H groups in total. The summed E-state index contributed by atoms with van der Waals surface area (Å²) < 4.78 is 0. The van der Waals surface area contributed by atoms with E-state index in [4.69, 9.17) is 0 Å². The minimum Gasteiger partial charge on any atom is -0.512 e. The van der Waals surface area contributed by atoms with E-state index in [2.05, 4.69) is 6.92 Å². The molecule has 1 rings (SSSR count). The van der Waals surface area contributed by atoms with Crippen LogP contribution in [0.15, 0.2) is 36.1 Å². The second-order valence-electron chi connectivity index (χ2n) is 6.36. The first-order valence-corrected chi connectivity index (χ1v) is 8.99. The minimum absolute atomic E-state index is 0.108. The van der Waals surface area contributed by atoms with Gasteiger partial charge in [-0.1, -0.05) is 50.5 Å². The highest BCUT2D eigenvalue weighted by atomic mass is 16.3. The molecule has 134 valence electrons. The Bertz CT molecular complexity index is 476. The summed E-state index contributed by atoms with van der Waals surface area (Å²) in [5, 5.41) is 19.9. The van der Waals surface area contributed by atoms with E-state index in [1.54, 1.807) is 12.2 Å². The van der Waals surface area contributed by atoms with Crippen molar-refractivity contribution in [2.75, 3.05) is 0 Å². The van der Waals surface area contributed by atoms with Crippen LogP contribution in [0.3, 0.4) is 0 Å². The number of carbonyl (C=O) groups is 2. The number of hydrogen-bond donors (Lipinski definition) is 2. The number of unbranched alkanes of at least 4 members (excludes halogenated alkanes) is 4. The lowest BCUT2D eigenvalue weighted by Gasteiger charge is -2.15. The Kier molecular flexibility index (Phi) is 10.0. The second-order valence-corrected chi connectivity index (χ2v) is 6.36. The van der Waals surface area contributed by atoms with Crippen LogP contribution in [-0.4, -0.2) is 28.4 Å². The van der Waals surface area contributed by atoms with Gasteiger partial charge in [0.1, 0.15) is 12.0 Å². The topological polar surface area (TPSA) is 74.6 Å². The van der Waals surface area contributed by atoms with Gasteiger partial charge in [0.15, 0.2) is 5.78 Å². The molecule has 0 fully saturated rings. The Morgan fingerprint density at radius 3 is 2.71 bits per heavy atom. The zero-order chi connectivity index (χ0) is 17.8. The molecule has 0 spiro atoms. The lowest BCUT2D eigenvalue weighted by molar-refractivity contribution is -0.117. The highest BCUT2D eigenvalue weighted by Crippen LogP contribution is 2.32. The summed E-state index contributed by atoms with van der Waals surface area (Å²) in [6.07, 6.45) is 15.7. The molecule has 4 nitrogen and oxygen atoms in total. The summed E-state index contributed by atoms with van der Waals surface area (Å²) in [7, 11) is 0. The Morgan fingerprint density at radius 2 is 2.00 bits per heavy atom. The van der Waals surface area contributed by atoms with Crippen molar-refractivity contribution >= 4 is 12.1 Å². The second kappa shape index (κ2) is 11.8. The zero-order valence-electron chi connectivity index (χ0n) is 14.6. The zero-order valence-corrected chi connectivity index (χ0v) is 14.6. The molecule has 0 bridgehead atoms. The predicted molar refractivity (Wildman–Crippen MR) is 95.7 cm³/mol. The van der Waals surface area contributed by atoms with Crippen molar-refractivity contribution in [2.24, 2.45) is 11.8 Å². The van der Waals surface area contributed by atoms with E-state index in [-0.39, 0.29) is 17.5 Å². The number of aldehydes is 1. The highest BCUT2D eigenvalue weighted by Gasteiger charge is 2.33. The molecule has 0 radical (unpaired) electrons. The van der Waals surface area contributed by atoms with Gasteiger partial charge in [0.25, 0.3) is 0 Å². The number of aliphatic hydroxyl groups excluding tert-OH is 2. The van der Waals surface area contributed by atoms with Crippen molar-refractivity contribution in [3.63, 3.8) is 0 Å². The molecule has 0 saturated heterocycles. The third-order valence-electron chi connectivity index (χ3n) is 4.33. The molecular weight excluding hydrogens is 304 g/mol. The molecule has 0 aromatic rings. The molecule has 0 aromatic heterocycles. The minimum atomic E-state index is -0.536. The van der Waals surface area contributed by atoms with Crippen molar-refractivity contribution in [2.45, 2.75) is 64.4 Å². The Morgan fingerprint density at radius 1 is 1.21 bits per heavy atom. The molecular formula is C20H30O4. The molecule has 1 aliphatic carbocycles. The fourth-order valence-electron chi connectivity index (χ4n) is 2.85. The van der Waals surface area contributed by atoms with Gasteiger partial charge in [-0.05, 0) is 25.7 Å². The van der Waals surface area contributed by atoms with E-state index >= 15 is 0 Å². The Balaban J connectivity index is 2.51. The van der Waals surface area contributed by atoms with Crippen LogP contribution >= 0.6 is 0 Å². The summed E-state index contributed by atoms with van der Waals surface area (Å²) in [6, 6.07) is 0. The van der Waals surface area contributed by atoms with Gasteiger partial charge in [-0.25, -0.2) is 0 Å². The Labute approximate surface area is 145 Å². The summed E-state index contributed by atoms with van der Waals surface area (Å²) in [5.41, 5.74) is 0. The average Bonchev–Trinajstić information content (AvgIpc) is 2.82. The van der Waals surface area contributed by atoms with Crippen molar-refractivity contribution < 1.29 is 19.8 Å². The number of hydrogen-bond acceptors (Lipinski definition) is 4. The molecule has 0 unspecified atom stereocenters. The standard InChI is InChI=1S/C20H30O4/c1-2-3-7-10-16(22)12-13-18-17(19(23)15-20(18)24)11-8-5-4-6-9-14-21/h5,8,12-18,22-23H,2-4,6-7,9-11H2,1H3/b8-5-,13-12+/t16-,17+,18+/m0/s1. The average molecular weight is 334 g/mol. The van der Waals surface area contributed by atoms with Gasteiger partial charge in [-0.3, -0.25) is 4.79 Å². The lowest BCUT2D eigenvalue weighted by Crippen LogP contribution is -2.15. The highest BCUT2D eigenvalue weighted by molar-refractivity contribution is 5.96. The van der Waals surface area contributed by atoms with E-state index < -0.39 is 12.0 Å². The third kappa shape index (κ3) is 7.26. The van der Waals surface area contributed by atoms with Crippen LogP contribution in [0.1, 0.15) is 58.3 Å². The van der Waals surface area contributed by atoms with Crippen molar-refractivity contribution in [1.82, 2.24) is 0 Å². The smallest absolute Gasteiger partial charge is 0.166 e.